The summed E-state index contributed by atoms with van der Waals surface area (Å²) < 4.78 is 12.8. The van der Waals surface area contributed by atoms with E-state index >= 15 is 0 Å². The largest absolute Gasteiger partial charge is 0.405 e. The van der Waals surface area contributed by atoms with Gasteiger partial charge in [0.1, 0.15) is 5.60 Å². The maximum Gasteiger partial charge on any atom is 0.261 e. The van der Waals surface area contributed by atoms with E-state index in [9.17, 15) is 4.79 Å². The molecule has 0 aliphatic carbocycles. The number of hydrogen-bond acceptors (Lipinski definition) is 3. The fourth-order valence-corrected chi connectivity index (χ4v) is 9.59. The Balaban J connectivity index is 1.67. The fourth-order valence-electron chi connectivity index (χ4n) is 4.98. The zero-order valence-electron chi connectivity index (χ0n) is 17.6. The first kappa shape index (κ1) is 20.3. The molecular formula is C24H31NO3Si. The first-order chi connectivity index (χ1) is 13.9. The standard InChI is InChI=1S/C24H31NO3Si/c1-23(2,3)29(20-11-6-4-7-12-20,21-13-8-5-9-14-21)28-18-19-17-24(22(26)25-19)15-10-16-27-24/h4-9,11-14,19H,10,15-18H2,1-3H3,(H,25,26)/t19?,24-/m0/s1. The topological polar surface area (TPSA) is 47.6 Å². The highest BCUT2D eigenvalue weighted by Crippen LogP contribution is 2.38. The number of hydrogen-bond donors (Lipinski definition) is 1. The first-order valence-corrected chi connectivity index (χ1v) is 12.5. The number of amides is 1. The Morgan fingerprint density at radius 2 is 1.66 bits per heavy atom. The van der Waals surface area contributed by atoms with Crippen LogP contribution in [0.2, 0.25) is 5.04 Å². The summed E-state index contributed by atoms with van der Waals surface area (Å²) in [4.78, 5) is 12.6. The minimum atomic E-state index is -2.58. The number of benzene rings is 2. The van der Waals surface area contributed by atoms with Gasteiger partial charge in [-0.1, -0.05) is 81.4 Å². The number of ether oxygens (including phenoxy) is 1. The van der Waals surface area contributed by atoms with E-state index < -0.39 is 13.9 Å². The molecule has 2 atom stereocenters. The van der Waals surface area contributed by atoms with Gasteiger partial charge in [0.25, 0.3) is 14.2 Å². The molecule has 0 aromatic heterocycles. The molecule has 5 heteroatoms. The third-order valence-corrected chi connectivity index (χ3v) is 11.4. The van der Waals surface area contributed by atoms with Crippen molar-refractivity contribution in [2.45, 2.75) is 56.7 Å². The average Bonchev–Trinajstić information content (AvgIpc) is 3.30. The Hall–Kier alpha value is -1.95. The van der Waals surface area contributed by atoms with Crippen molar-refractivity contribution in [3.05, 3.63) is 60.7 Å². The van der Waals surface area contributed by atoms with Crippen molar-refractivity contribution in [2.75, 3.05) is 13.2 Å². The zero-order chi connectivity index (χ0) is 20.5. The Kier molecular flexibility index (Phi) is 5.40. The van der Waals surface area contributed by atoms with E-state index in [1.165, 1.54) is 10.4 Å². The smallest absolute Gasteiger partial charge is 0.261 e. The summed E-state index contributed by atoms with van der Waals surface area (Å²) in [6.07, 6.45) is 2.47. The van der Waals surface area contributed by atoms with Crippen molar-refractivity contribution in [1.82, 2.24) is 5.32 Å². The molecule has 154 valence electrons. The van der Waals surface area contributed by atoms with Crippen molar-refractivity contribution < 1.29 is 14.0 Å². The molecule has 29 heavy (non-hydrogen) atoms. The van der Waals surface area contributed by atoms with Crippen molar-refractivity contribution in [3.63, 3.8) is 0 Å². The number of carbonyl (C=O) groups excluding carboxylic acids is 1. The Morgan fingerprint density at radius 1 is 1.07 bits per heavy atom. The molecule has 1 N–H and O–H groups in total. The molecule has 2 aliphatic heterocycles. The van der Waals surface area contributed by atoms with Crippen LogP contribution in [0, 0.1) is 0 Å². The molecule has 1 unspecified atom stereocenters. The number of rotatable bonds is 5. The lowest BCUT2D eigenvalue weighted by atomic mass is 9.96. The molecular weight excluding hydrogens is 378 g/mol. The van der Waals surface area contributed by atoms with Crippen molar-refractivity contribution >= 4 is 24.6 Å². The molecule has 4 nitrogen and oxygen atoms in total. The van der Waals surface area contributed by atoms with Crippen LogP contribution in [0.15, 0.2) is 60.7 Å². The minimum Gasteiger partial charge on any atom is -0.405 e. The van der Waals surface area contributed by atoms with E-state index in [1.54, 1.807) is 0 Å². The van der Waals surface area contributed by atoms with Gasteiger partial charge in [-0.2, -0.15) is 0 Å². The summed E-state index contributed by atoms with van der Waals surface area (Å²) in [7, 11) is -2.58. The van der Waals surface area contributed by atoms with Crippen LogP contribution in [0.1, 0.15) is 40.0 Å². The van der Waals surface area contributed by atoms with Crippen LogP contribution in [0.5, 0.6) is 0 Å². The molecule has 0 radical (unpaired) electrons. The molecule has 2 aliphatic rings. The average molecular weight is 410 g/mol. The molecule has 4 rings (SSSR count). The molecule has 1 amide bonds. The van der Waals surface area contributed by atoms with E-state index in [0.29, 0.717) is 19.6 Å². The van der Waals surface area contributed by atoms with Crippen LogP contribution < -0.4 is 15.7 Å². The van der Waals surface area contributed by atoms with E-state index in [4.69, 9.17) is 9.16 Å². The van der Waals surface area contributed by atoms with Gasteiger partial charge < -0.3 is 14.5 Å². The van der Waals surface area contributed by atoms with E-state index in [1.807, 2.05) is 0 Å². The first-order valence-electron chi connectivity index (χ1n) is 10.6. The maximum atomic E-state index is 12.6. The molecule has 2 heterocycles. The minimum absolute atomic E-state index is 0.0118. The summed E-state index contributed by atoms with van der Waals surface area (Å²) in [5, 5.41) is 5.60. The van der Waals surface area contributed by atoms with Gasteiger partial charge in [0.2, 0.25) is 0 Å². The highest BCUT2D eigenvalue weighted by atomic mass is 28.4. The number of nitrogens with one attached hydrogen (secondary N) is 1. The predicted octanol–water partition coefficient (Wildman–Crippen LogP) is 3.00. The van der Waals surface area contributed by atoms with Crippen LogP contribution in [0.3, 0.4) is 0 Å². The SMILES string of the molecule is CC(C)(C)[Si](OCC1C[C@@]2(CCCO2)C(=O)N1)(c1ccccc1)c1ccccc1. The highest BCUT2D eigenvalue weighted by molar-refractivity contribution is 6.99. The predicted molar refractivity (Wildman–Crippen MR) is 118 cm³/mol. The lowest BCUT2D eigenvalue weighted by molar-refractivity contribution is -0.136. The second-order valence-corrected chi connectivity index (χ2v) is 13.6. The van der Waals surface area contributed by atoms with Crippen LogP contribution in [-0.4, -0.2) is 39.1 Å². The van der Waals surface area contributed by atoms with Crippen molar-refractivity contribution in [2.24, 2.45) is 0 Å². The van der Waals surface area contributed by atoms with Gasteiger partial charge >= 0.3 is 0 Å². The maximum absolute atomic E-state index is 12.6. The van der Waals surface area contributed by atoms with Crippen molar-refractivity contribution in [1.29, 1.82) is 0 Å². The van der Waals surface area contributed by atoms with Crippen LogP contribution in [0.4, 0.5) is 0 Å². The quantitative estimate of drug-likeness (QED) is 0.773. The Bertz CT molecular complexity index is 802. The molecule has 2 aromatic carbocycles. The molecule has 1 spiro atoms. The van der Waals surface area contributed by atoms with Gasteiger partial charge in [0, 0.05) is 13.0 Å². The van der Waals surface area contributed by atoms with Crippen LogP contribution in [-0.2, 0) is 14.0 Å². The van der Waals surface area contributed by atoms with E-state index in [-0.39, 0.29) is 17.0 Å². The second-order valence-electron chi connectivity index (χ2n) is 9.30. The fraction of sp³-hybridized carbons (Fsp3) is 0.458. The zero-order valence-corrected chi connectivity index (χ0v) is 18.6. The van der Waals surface area contributed by atoms with Gasteiger partial charge in [0.15, 0.2) is 0 Å². The summed E-state index contributed by atoms with van der Waals surface area (Å²) in [6, 6.07) is 21.2. The molecule has 2 fully saturated rings. The highest BCUT2D eigenvalue weighted by Gasteiger charge is 2.53. The van der Waals surface area contributed by atoms with Crippen LogP contribution in [0.25, 0.3) is 0 Å². The summed E-state index contributed by atoms with van der Waals surface area (Å²) in [5.41, 5.74) is -0.626. The van der Waals surface area contributed by atoms with Gasteiger partial charge in [0.05, 0.1) is 12.6 Å². The molecule has 2 aromatic rings. The summed E-state index contributed by atoms with van der Waals surface area (Å²) >= 11 is 0. The number of carbonyl (C=O) groups is 1. The van der Waals surface area contributed by atoms with E-state index in [0.717, 1.165) is 12.8 Å². The van der Waals surface area contributed by atoms with Gasteiger partial charge in [-0.3, -0.25) is 4.79 Å². The summed E-state index contributed by atoms with van der Waals surface area (Å²) in [5.74, 6) is 0.0334. The summed E-state index contributed by atoms with van der Waals surface area (Å²) in [6.45, 7) is 8.00. The van der Waals surface area contributed by atoms with Gasteiger partial charge in [-0.25, -0.2) is 0 Å². The monoisotopic (exact) mass is 409 g/mol. The molecule has 0 saturated carbocycles. The second kappa shape index (κ2) is 7.71. The normalized spacial score (nSPS) is 24.8. The van der Waals surface area contributed by atoms with Crippen molar-refractivity contribution in [3.8, 4) is 0 Å². The lowest BCUT2D eigenvalue weighted by Gasteiger charge is -2.43. The van der Waals surface area contributed by atoms with E-state index in [2.05, 4.69) is 86.8 Å². The van der Waals surface area contributed by atoms with Crippen LogP contribution >= 0.6 is 0 Å². The van der Waals surface area contributed by atoms with Gasteiger partial charge in [-0.15, -0.1) is 0 Å². The third kappa shape index (κ3) is 3.56. The molecule has 0 bridgehead atoms. The Morgan fingerprint density at radius 3 is 2.14 bits per heavy atom. The van der Waals surface area contributed by atoms with Gasteiger partial charge in [-0.05, 0) is 28.3 Å². The molecule has 2 saturated heterocycles. The lowest BCUT2D eigenvalue weighted by Crippen LogP contribution is -2.67. The third-order valence-electron chi connectivity index (χ3n) is 6.35. The Labute approximate surface area is 174 Å².